The Balaban J connectivity index is 2.02. The highest BCUT2D eigenvalue weighted by molar-refractivity contribution is 6.01. The van der Waals surface area contributed by atoms with Crippen molar-refractivity contribution in [2.45, 2.75) is 39.4 Å². The Morgan fingerprint density at radius 1 is 1.15 bits per heavy atom. The van der Waals surface area contributed by atoms with Crippen molar-refractivity contribution in [3.8, 4) is 0 Å². The molecule has 2 aromatic rings. The fourth-order valence-corrected chi connectivity index (χ4v) is 2.70. The summed E-state index contributed by atoms with van der Waals surface area (Å²) in [5, 5.41) is 2.55. The van der Waals surface area contributed by atoms with E-state index >= 15 is 0 Å². The Morgan fingerprint density at radius 3 is 2.46 bits per heavy atom. The van der Waals surface area contributed by atoms with Gasteiger partial charge in [-0.25, -0.2) is 0 Å². The highest BCUT2D eigenvalue weighted by Crippen LogP contribution is 2.29. The Labute approximate surface area is 149 Å². The summed E-state index contributed by atoms with van der Waals surface area (Å²) in [7, 11) is 0. The largest absolute Gasteiger partial charge is 0.416 e. The van der Waals surface area contributed by atoms with E-state index in [0.717, 1.165) is 25.0 Å². The zero-order valence-corrected chi connectivity index (χ0v) is 14.6. The number of Topliss-reactive ketones (excluding diaryl/α,β-unsaturated/α-hetero) is 1. The fourth-order valence-electron chi connectivity index (χ4n) is 2.70. The molecule has 0 aliphatic rings. The first-order chi connectivity index (χ1) is 12.3. The molecule has 1 aromatic carbocycles. The molecule has 7 heteroatoms. The highest BCUT2D eigenvalue weighted by Gasteiger charge is 2.30. The van der Waals surface area contributed by atoms with Crippen molar-refractivity contribution in [2.24, 2.45) is 5.92 Å². The first-order valence-electron chi connectivity index (χ1n) is 8.43. The number of amides is 1. The topological polar surface area (TPSA) is 62.0 Å². The number of nitrogens with one attached hydrogen (secondary N) is 2. The Morgan fingerprint density at radius 2 is 1.85 bits per heavy atom. The van der Waals surface area contributed by atoms with Crippen LogP contribution in [0.3, 0.4) is 0 Å². The molecule has 1 heterocycles. The molecule has 0 radical (unpaired) electrons. The zero-order chi connectivity index (χ0) is 19.3. The molecule has 0 aliphatic heterocycles. The van der Waals surface area contributed by atoms with Gasteiger partial charge in [0.05, 0.1) is 5.56 Å². The Kier molecular flexibility index (Phi) is 6.23. The van der Waals surface area contributed by atoms with Crippen molar-refractivity contribution in [2.75, 3.05) is 0 Å². The maximum atomic E-state index is 12.7. The number of carbonyl (C=O) groups is 2. The van der Waals surface area contributed by atoms with Crippen molar-refractivity contribution >= 4 is 11.7 Å². The lowest BCUT2D eigenvalue weighted by Crippen LogP contribution is -2.23. The molecule has 26 heavy (non-hydrogen) atoms. The number of hydrogen-bond acceptors (Lipinski definition) is 2. The van der Waals surface area contributed by atoms with Gasteiger partial charge in [0.2, 0.25) is 0 Å². The summed E-state index contributed by atoms with van der Waals surface area (Å²) >= 11 is 0. The van der Waals surface area contributed by atoms with Crippen molar-refractivity contribution in [3.05, 3.63) is 58.9 Å². The lowest BCUT2D eigenvalue weighted by Gasteiger charge is -2.09. The van der Waals surface area contributed by atoms with Crippen LogP contribution in [0.15, 0.2) is 36.5 Å². The van der Waals surface area contributed by atoms with Gasteiger partial charge >= 0.3 is 6.18 Å². The molecule has 2 N–H and O–H groups in total. The summed E-state index contributed by atoms with van der Waals surface area (Å²) in [6, 6.07) is 6.25. The van der Waals surface area contributed by atoms with Gasteiger partial charge in [-0.15, -0.1) is 0 Å². The van der Waals surface area contributed by atoms with Crippen LogP contribution in [0, 0.1) is 5.92 Å². The van der Waals surface area contributed by atoms with Gasteiger partial charge in [-0.1, -0.05) is 26.0 Å². The quantitative estimate of drug-likeness (QED) is 0.705. The zero-order valence-electron chi connectivity index (χ0n) is 14.6. The van der Waals surface area contributed by atoms with E-state index in [0.29, 0.717) is 11.1 Å². The van der Waals surface area contributed by atoms with E-state index in [1.807, 2.05) is 13.8 Å². The fraction of sp³-hybridized carbons (Fsp3) is 0.368. The minimum absolute atomic E-state index is 0.0248. The third-order valence-electron chi connectivity index (χ3n) is 4.28. The molecule has 0 spiro atoms. The maximum Gasteiger partial charge on any atom is 0.416 e. The number of aromatic nitrogens is 1. The second-order valence-electron chi connectivity index (χ2n) is 6.06. The molecule has 1 aromatic heterocycles. The summed E-state index contributed by atoms with van der Waals surface area (Å²) in [6.07, 6.45) is -1.50. The smallest absolute Gasteiger partial charge is 0.356 e. The van der Waals surface area contributed by atoms with Gasteiger partial charge < -0.3 is 10.3 Å². The lowest BCUT2D eigenvalue weighted by atomic mass is 9.94. The minimum atomic E-state index is -4.43. The molecule has 0 unspecified atom stereocenters. The number of ketones is 1. The molecule has 4 nitrogen and oxygen atoms in total. The van der Waals surface area contributed by atoms with E-state index in [9.17, 15) is 22.8 Å². The molecule has 0 aliphatic carbocycles. The predicted octanol–water partition coefficient (Wildman–Crippen LogP) is 4.58. The van der Waals surface area contributed by atoms with E-state index in [2.05, 4.69) is 10.3 Å². The molecule has 0 fully saturated rings. The van der Waals surface area contributed by atoms with Crippen LogP contribution in [0.1, 0.15) is 58.7 Å². The standard InChI is InChI=1S/C19H21F3N2O2/c1-3-13(4-2)17(25)14-9-16(23-11-14)18(26)24-10-12-6-5-7-15(8-12)19(20,21)22/h5-9,11,13,23H,3-4,10H2,1-2H3,(H,24,26). The predicted molar refractivity (Wildman–Crippen MR) is 91.8 cm³/mol. The van der Waals surface area contributed by atoms with E-state index in [-0.39, 0.29) is 23.9 Å². The summed E-state index contributed by atoms with van der Waals surface area (Å²) in [5.41, 5.74) is 0.212. The molecule has 0 saturated heterocycles. The van der Waals surface area contributed by atoms with Crippen LogP contribution in [-0.4, -0.2) is 16.7 Å². The maximum absolute atomic E-state index is 12.7. The highest BCUT2D eigenvalue weighted by atomic mass is 19.4. The molecule has 1 amide bonds. The van der Waals surface area contributed by atoms with Crippen molar-refractivity contribution in [1.82, 2.24) is 10.3 Å². The van der Waals surface area contributed by atoms with Crippen LogP contribution in [0.5, 0.6) is 0 Å². The summed E-state index contributed by atoms with van der Waals surface area (Å²) in [5.74, 6) is -0.596. The van der Waals surface area contributed by atoms with E-state index < -0.39 is 17.6 Å². The van der Waals surface area contributed by atoms with E-state index in [4.69, 9.17) is 0 Å². The van der Waals surface area contributed by atoms with Gasteiger partial charge in [0.25, 0.3) is 5.91 Å². The van der Waals surface area contributed by atoms with Crippen LogP contribution >= 0.6 is 0 Å². The second kappa shape index (κ2) is 8.21. The van der Waals surface area contributed by atoms with Gasteiger partial charge in [0, 0.05) is 24.2 Å². The van der Waals surface area contributed by atoms with Gasteiger partial charge in [0.1, 0.15) is 5.69 Å². The third-order valence-corrected chi connectivity index (χ3v) is 4.28. The van der Waals surface area contributed by atoms with Crippen LogP contribution in [0.25, 0.3) is 0 Å². The number of rotatable bonds is 7. The number of benzene rings is 1. The first kappa shape index (κ1) is 19.8. The summed E-state index contributed by atoms with van der Waals surface area (Å²) in [6.45, 7) is 3.82. The molecule has 140 valence electrons. The summed E-state index contributed by atoms with van der Waals surface area (Å²) in [4.78, 5) is 27.2. The third kappa shape index (κ3) is 4.74. The monoisotopic (exact) mass is 366 g/mol. The summed E-state index contributed by atoms with van der Waals surface area (Å²) < 4.78 is 38.1. The average Bonchev–Trinajstić information content (AvgIpc) is 3.10. The number of hydrogen-bond donors (Lipinski definition) is 2. The van der Waals surface area contributed by atoms with E-state index in [1.165, 1.54) is 24.4 Å². The van der Waals surface area contributed by atoms with Crippen LogP contribution in [0.2, 0.25) is 0 Å². The Hall–Kier alpha value is -2.57. The van der Waals surface area contributed by atoms with Gasteiger partial charge in [-0.05, 0) is 36.6 Å². The molecule has 0 atom stereocenters. The number of halogens is 3. The van der Waals surface area contributed by atoms with Gasteiger partial charge in [0.15, 0.2) is 5.78 Å². The molecule has 2 rings (SSSR count). The molecular formula is C19H21F3N2O2. The van der Waals surface area contributed by atoms with E-state index in [1.54, 1.807) is 0 Å². The lowest BCUT2D eigenvalue weighted by molar-refractivity contribution is -0.137. The number of alkyl halides is 3. The molecule has 0 saturated carbocycles. The Bertz CT molecular complexity index is 777. The minimum Gasteiger partial charge on any atom is -0.356 e. The van der Waals surface area contributed by atoms with Crippen molar-refractivity contribution < 1.29 is 22.8 Å². The first-order valence-corrected chi connectivity index (χ1v) is 8.43. The van der Waals surface area contributed by atoms with Gasteiger partial charge in [-0.3, -0.25) is 9.59 Å². The van der Waals surface area contributed by atoms with Crippen LogP contribution < -0.4 is 5.32 Å². The molecular weight excluding hydrogens is 345 g/mol. The normalized spacial score (nSPS) is 11.6. The average molecular weight is 366 g/mol. The van der Waals surface area contributed by atoms with Crippen LogP contribution in [-0.2, 0) is 12.7 Å². The van der Waals surface area contributed by atoms with Crippen molar-refractivity contribution in [1.29, 1.82) is 0 Å². The second-order valence-corrected chi connectivity index (χ2v) is 6.06. The number of aromatic amines is 1. The van der Waals surface area contributed by atoms with Crippen molar-refractivity contribution in [3.63, 3.8) is 0 Å². The SMILES string of the molecule is CCC(CC)C(=O)c1c[nH]c(C(=O)NCc2cccc(C(F)(F)F)c2)c1. The number of carbonyl (C=O) groups excluding carboxylic acids is 2. The van der Waals surface area contributed by atoms with Gasteiger partial charge in [-0.2, -0.15) is 13.2 Å². The number of H-pyrrole nitrogens is 1. The van der Waals surface area contributed by atoms with Crippen LogP contribution in [0.4, 0.5) is 13.2 Å². The molecule has 0 bridgehead atoms.